The normalized spacial score (nSPS) is 14.6. The van der Waals surface area contributed by atoms with Crippen molar-refractivity contribution in [2.75, 3.05) is 0 Å². The van der Waals surface area contributed by atoms with Crippen LogP contribution in [0.2, 0.25) is 0 Å². The van der Waals surface area contributed by atoms with E-state index in [0.717, 1.165) is 5.56 Å². The van der Waals surface area contributed by atoms with E-state index in [-0.39, 0.29) is 37.7 Å². The smallest absolute Gasteiger partial charge is 0.781 e. The topological polar surface area (TPSA) is 110 Å². The van der Waals surface area contributed by atoms with Crippen molar-refractivity contribution in [1.82, 2.24) is 0 Å². The van der Waals surface area contributed by atoms with Crippen molar-refractivity contribution in [1.29, 1.82) is 0 Å². The molecule has 1 rings (SSSR count). The average Bonchev–Trinajstić information content (AvgIpc) is 2.17. The first-order valence-electron chi connectivity index (χ1n) is 3.90. The zero-order chi connectivity index (χ0) is 12.6. The number of rotatable bonds is 3. The Bertz CT molecular complexity index is 337. The molecule has 92 valence electrons. The Balaban J connectivity index is 0. The van der Waals surface area contributed by atoms with Crippen LogP contribution in [0.5, 0.6) is 0 Å². The molecule has 0 spiro atoms. The maximum atomic E-state index is 9.29. The maximum absolute atomic E-state index is 9.29. The molecule has 3 atom stereocenters. The zero-order valence-corrected chi connectivity index (χ0v) is 13.5. The molecule has 0 fully saturated rings. The number of alkyl halides is 1. The quantitative estimate of drug-likeness (QED) is 0.477. The van der Waals surface area contributed by atoms with Gasteiger partial charge >= 0.3 is 37.7 Å². The molecule has 0 bridgehead atoms. The summed E-state index contributed by atoms with van der Waals surface area (Å²) in [6.45, 7) is 0. The standard InChI is InChI=1S/C7H7ClO.Ca.H4O5P2/c8-7(9)6-4-2-1-3-5-6;;1-6(2)5-7(3)4/h1-5,7,9H;;6-7H,(H,1,2)(H,3,4)/q;+2;/p-2. The van der Waals surface area contributed by atoms with Gasteiger partial charge in [0.25, 0.3) is 0 Å². The van der Waals surface area contributed by atoms with E-state index in [1.165, 1.54) is 0 Å². The van der Waals surface area contributed by atoms with Crippen molar-refractivity contribution in [2.24, 2.45) is 0 Å². The van der Waals surface area contributed by atoms with Crippen LogP contribution in [0.3, 0.4) is 0 Å². The van der Waals surface area contributed by atoms with Gasteiger partial charge in [0.15, 0.2) is 5.56 Å². The molecule has 10 heteroatoms. The number of halogens is 1. The van der Waals surface area contributed by atoms with Gasteiger partial charge in [0, 0.05) is 0 Å². The van der Waals surface area contributed by atoms with E-state index >= 15 is 0 Å². The van der Waals surface area contributed by atoms with Gasteiger partial charge in [-0.25, -0.2) is 0 Å². The Kier molecular flexibility index (Phi) is 14.5. The van der Waals surface area contributed by atoms with E-state index in [1.54, 1.807) is 12.1 Å². The van der Waals surface area contributed by atoms with Crippen LogP contribution in [0.15, 0.2) is 30.3 Å². The summed E-state index contributed by atoms with van der Waals surface area (Å²) in [4.78, 5) is 18.6. The third-order valence-corrected chi connectivity index (χ3v) is 2.83. The van der Waals surface area contributed by atoms with Crippen molar-refractivity contribution in [3.8, 4) is 0 Å². The van der Waals surface area contributed by atoms with Crippen molar-refractivity contribution in [3.05, 3.63) is 35.9 Å². The molecular formula is C7H9CaClO6P2. The Morgan fingerprint density at radius 1 is 1.18 bits per heavy atom. The zero-order valence-electron chi connectivity index (χ0n) is 8.54. The molecular weight excluding hydrogens is 318 g/mol. The fourth-order valence-electron chi connectivity index (χ4n) is 0.680. The number of hydrogen-bond donors (Lipinski definition) is 1. The van der Waals surface area contributed by atoms with Crippen LogP contribution in [0.1, 0.15) is 11.1 Å². The second-order valence-electron chi connectivity index (χ2n) is 2.35. The van der Waals surface area contributed by atoms with Gasteiger partial charge in [-0.05, 0) is 5.56 Å². The molecule has 1 aromatic rings. The molecule has 17 heavy (non-hydrogen) atoms. The summed E-state index contributed by atoms with van der Waals surface area (Å²) < 4.78 is 21.8. The second kappa shape index (κ2) is 12.1. The molecule has 0 aliphatic rings. The van der Waals surface area contributed by atoms with Crippen molar-refractivity contribution in [2.45, 2.75) is 5.56 Å². The number of benzene rings is 1. The molecule has 0 aliphatic carbocycles. The summed E-state index contributed by atoms with van der Waals surface area (Å²) >= 11 is 5.36. The van der Waals surface area contributed by atoms with Crippen molar-refractivity contribution in [3.63, 3.8) is 0 Å². The molecule has 1 aromatic carbocycles. The summed E-state index contributed by atoms with van der Waals surface area (Å²) in [5, 5.41) is 8.79. The minimum absolute atomic E-state index is 0. The van der Waals surface area contributed by atoms with Gasteiger partial charge in [0.1, 0.15) is 16.5 Å². The minimum Gasteiger partial charge on any atom is -0.781 e. The summed E-state index contributed by atoms with van der Waals surface area (Å²) in [7, 11) is -7.03. The predicted octanol–water partition coefficient (Wildman–Crippen LogP) is 0.0385. The minimum atomic E-state index is -3.51. The molecule has 1 N–H and O–H groups in total. The van der Waals surface area contributed by atoms with E-state index in [2.05, 4.69) is 4.31 Å². The summed E-state index contributed by atoms with van der Waals surface area (Å²) in [5.41, 5.74) is -0.134. The van der Waals surface area contributed by atoms with Crippen LogP contribution >= 0.6 is 28.1 Å². The van der Waals surface area contributed by atoms with Gasteiger partial charge in [0.05, 0.1) is 0 Å². The van der Waals surface area contributed by atoms with E-state index in [4.69, 9.17) is 16.7 Å². The molecule has 0 amide bonds. The first-order valence-corrected chi connectivity index (χ1v) is 6.79. The van der Waals surface area contributed by atoms with Crippen molar-refractivity contribution >= 4 is 65.8 Å². The molecule has 6 nitrogen and oxygen atoms in total. The van der Waals surface area contributed by atoms with Crippen LogP contribution in [0.4, 0.5) is 0 Å². The Labute approximate surface area is 134 Å². The van der Waals surface area contributed by atoms with Gasteiger partial charge in [-0.15, -0.1) is 0 Å². The Hall–Kier alpha value is 1.07. The van der Waals surface area contributed by atoms with Gasteiger partial charge in [-0.3, -0.25) is 4.31 Å². The number of hydrogen-bond acceptors (Lipinski definition) is 6. The third kappa shape index (κ3) is 13.3. The Morgan fingerprint density at radius 3 is 1.76 bits per heavy atom. The molecule has 0 aromatic heterocycles. The van der Waals surface area contributed by atoms with Crippen LogP contribution in [0, 0.1) is 0 Å². The van der Waals surface area contributed by atoms with Crippen LogP contribution in [-0.2, 0) is 13.4 Å². The Morgan fingerprint density at radius 2 is 1.59 bits per heavy atom. The molecule has 0 radical (unpaired) electrons. The summed E-state index contributed by atoms with van der Waals surface area (Å²) in [5.74, 6) is 0. The predicted molar refractivity (Wildman–Crippen MR) is 62.1 cm³/mol. The second-order valence-corrected chi connectivity index (χ2v) is 4.58. The number of aliphatic hydroxyl groups is 1. The van der Waals surface area contributed by atoms with Crippen LogP contribution in [0.25, 0.3) is 0 Å². The monoisotopic (exact) mass is 326 g/mol. The molecule has 0 saturated heterocycles. The van der Waals surface area contributed by atoms with Gasteiger partial charge in [0.2, 0.25) is 0 Å². The van der Waals surface area contributed by atoms with Gasteiger partial charge < -0.3 is 24.0 Å². The van der Waals surface area contributed by atoms with Crippen LogP contribution in [-0.4, -0.2) is 42.8 Å². The number of aliphatic hydroxyl groups excluding tert-OH is 1. The van der Waals surface area contributed by atoms with Gasteiger partial charge in [-0.1, -0.05) is 41.9 Å². The van der Waals surface area contributed by atoms with Gasteiger partial charge in [-0.2, -0.15) is 0 Å². The van der Waals surface area contributed by atoms with E-state index in [1.807, 2.05) is 18.2 Å². The largest absolute Gasteiger partial charge is 2.00 e. The molecule has 0 heterocycles. The van der Waals surface area contributed by atoms with E-state index in [9.17, 15) is 18.9 Å². The maximum Gasteiger partial charge on any atom is 2.00 e. The third-order valence-electron chi connectivity index (χ3n) is 1.24. The van der Waals surface area contributed by atoms with Crippen molar-refractivity contribution < 1.29 is 28.3 Å². The van der Waals surface area contributed by atoms with Crippen LogP contribution < -0.4 is 9.79 Å². The fraction of sp³-hybridized carbons (Fsp3) is 0.143. The SMILES string of the molecule is O=[PH]([O-])O[PH](=O)[O-].OC(Cl)c1ccccc1.[Ca+2]. The van der Waals surface area contributed by atoms with E-state index < -0.39 is 22.1 Å². The summed E-state index contributed by atoms with van der Waals surface area (Å²) in [6.07, 6.45) is 0. The summed E-state index contributed by atoms with van der Waals surface area (Å²) in [6, 6.07) is 9.10. The fourth-order valence-corrected chi connectivity index (χ4v) is 1.37. The molecule has 3 unspecified atom stereocenters. The first-order chi connectivity index (χ1) is 7.43. The first kappa shape index (κ1) is 20.4. The van der Waals surface area contributed by atoms with E-state index in [0.29, 0.717) is 0 Å². The molecule has 0 aliphatic heterocycles. The average molecular weight is 327 g/mol. The molecule has 0 saturated carbocycles.